The van der Waals surface area contributed by atoms with Crippen molar-refractivity contribution < 1.29 is 9.47 Å². The first kappa shape index (κ1) is 9.67. The van der Waals surface area contributed by atoms with Crippen LogP contribution in [0.25, 0.3) is 0 Å². The van der Waals surface area contributed by atoms with Crippen LogP contribution in [-0.4, -0.2) is 6.29 Å². The van der Waals surface area contributed by atoms with Gasteiger partial charge in [-0.3, -0.25) is 0 Å². The zero-order chi connectivity index (χ0) is 9.52. The molecule has 1 aliphatic rings. The molecule has 0 aromatic rings. The monoisotopic (exact) mass is 180 g/mol. The molecule has 0 radical (unpaired) electrons. The highest BCUT2D eigenvalue weighted by atomic mass is 16.7. The van der Waals surface area contributed by atoms with Crippen LogP contribution in [0.5, 0.6) is 0 Å². The van der Waals surface area contributed by atoms with Crippen LogP contribution in [0.3, 0.4) is 0 Å². The number of hydrogen-bond donors (Lipinski definition) is 0. The second kappa shape index (κ2) is 5.27. The molecular weight excluding hydrogens is 168 g/mol. The van der Waals surface area contributed by atoms with Gasteiger partial charge >= 0.3 is 0 Å². The second-order valence-corrected chi connectivity index (χ2v) is 3.18. The molecular formula is C9H12N2O2. The van der Waals surface area contributed by atoms with Crippen LogP contribution in [0.4, 0.5) is 0 Å². The van der Waals surface area contributed by atoms with Crippen molar-refractivity contribution in [3.05, 3.63) is 0 Å². The standard InChI is InChI=1S/C9H12N2O2/c10-6-12-9(13-7-11)8-4-2-1-3-5-8/h8-9H,1-5H2. The number of nitrogens with zero attached hydrogens (tertiary/aromatic N) is 2. The number of hydrogen-bond acceptors (Lipinski definition) is 4. The molecule has 0 aromatic heterocycles. The molecule has 0 aliphatic heterocycles. The van der Waals surface area contributed by atoms with Crippen molar-refractivity contribution >= 4 is 0 Å². The van der Waals surface area contributed by atoms with Gasteiger partial charge in [-0.2, -0.15) is 10.5 Å². The summed E-state index contributed by atoms with van der Waals surface area (Å²) >= 11 is 0. The molecule has 0 unspecified atom stereocenters. The molecule has 0 saturated heterocycles. The van der Waals surface area contributed by atoms with Crippen LogP contribution in [0.2, 0.25) is 0 Å². The number of ether oxygens (including phenoxy) is 2. The Labute approximate surface area is 77.7 Å². The normalized spacial score (nSPS) is 17.5. The smallest absolute Gasteiger partial charge is 0.289 e. The molecule has 1 aliphatic carbocycles. The number of rotatable bonds is 3. The summed E-state index contributed by atoms with van der Waals surface area (Å²) in [5.41, 5.74) is 0. The molecule has 1 rings (SSSR count). The minimum Gasteiger partial charge on any atom is -0.384 e. The van der Waals surface area contributed by atoms with E-state index in [4.69, 9.17) is 10.5 Å². The van der Waals surface area contributed by atoms with Crippen LogP contribution in [0.1, 0.15) is 32.1 Å². The zero-order valence-corrected chi connectivity index (χ0v) is 7.40. The van der Waals surface area contributed by atoms with Crippen LogP contribution in [-0.2, 0) is 9.47 Å². The summed E-state index contributed by atoms with van der Waals surface area (Å²) in [6.45, 7) is 0. The van der Waals surface area contributed by atoms with E-state index in [-0.39, 0.29) is 5.92 Å². The first-order valence-corrected chi connectivity index (χ1v) is 4.48. The largest absolute Gasteiger partial charge is 0.384 e. The Kier molecular flexibility index (Phi) is 3.92. The highest BCUT2D eigenvalue weighted by Gasteiger charge is 2.26. The van der Waals surface area contributed by atoms with Crippen molar-refractivity contribution in [2.24, 2.45) is 5.92 Å². The molecule has 0 amide bonds. The van der Waals surface area contributed by atoms with Gasteiger partial charge in [0.1, 0.15) is 0 Å². The highest BCUT2D eigenvalue weighted by molar-refractivity contribution is 4.73. The lowest BCUT2D eigenvalue weighted by Crippen LogP contribution is -2.26. The summed E-state index contributed by atoms with van der Waals surface area (Å²) in [7, 11) is 0. The van der Waals surface area contributed by atoms with Gasteiger partial charge in [0, 0.05) is 5.92 Å². The molecule has 1 saturated carbocycles. The summed E-state index contributed by atoms with van der Waals surface area (Å²) in [4.78, 5) is 0. The van der Waals surface area contributed by atoms with Crippen LogP contribution in [0.15, 0.2) is 0 Å². The van der Waals surface area contributed by atoms with E-state index >= 15 is 0 Å². The minimum absolute atomic E-state index is 0.202. The van der Waals surface area contributed by atoms with Crippen molar-refractivity contribution in [1.29, 1.82) is 10.5 Å². The highest BCUT2D eigenvalue weighted by Crippen LogP contribution is 2.28. The predicted molar refractivity (Wildman–Crippen MR) is 43.8 cm³/mol. The maximum Gasteiger partial charge on any atom is 0.289 e. The zero-order valence-electron chi connectivity index (χ0n) is 7.40. The van der Waals surface area contributed by atoms with Crippen molar-refractivity contribution in [3.8, 4) is 12.5 Å². The quantitative estimate of drug-likeness (QED) is 0.491. The van der Waals surface area contributed by atoms with E-state index in [1.54, 1.807) is 12.5 Å². The van der Waals surface area contributed by atoms with E-state index in [0.29, 0.717) is 0 Å². The van der Waals surface area contributed by atoms with Gasteiger partial charge in [0.2, 0.25) is 0 Å². The summed E-state index contributed by atoms with van der Waals surface area (Å²) in [6, 6.07) is 0. The molecule has 13 heavy (non-hydrogen) atoms. The van der Waals surface area contributed by atoms with E-state index in [1.807, 2.05) is 0 Å². The molecule has 0 atom stereocenters. The van der Waals surface area contributed by atoms with Gasteiger partial charge in [-0.1, -0.05) is 19.3 Å². The third kappa shape index (κ3) is 2.83. The van der Waals surface area contributed by atoms with Crippen LogP contribution in [0, 0.1) is 29.0 Å². The molecule has 0 aromatic carbocycles. The van der Waals surface area contributed by atoms with E-state index < -0.39 is 6.29 Å². The molecule has 0 spiro atoms. The van der Waals surface area contributed by atoms with Gasteiger partial charge in [0.25, 0.3) is 18.8 Å². The second-order valence-electron chi connectivity index (χ2n) is 3.18. The first-order chi connectivity index (χ1) is 6.38. The fourth-order valence-electron chi connectivity index (χ4n) is 1.73. The molecule has 0 bridgehead atoms. The Morgan fingerprint density at radius 3 is 2.00 bits per heavy atom. The summed E-state index contributed by atoms with van der Waals surface area (Å²) in [6.07, 6.45) is 7.93. The van der Waals surface area contributed by atoms with Crippen molar-refractivity contribution in [2.45, 2.75) is 38.4 Å². The van der Waals surface area contributed by atoms with Crippen molar-refractivity contribution in [1.82, 2.24) is 0 Å². The lowest BCUT2D eigenvalue weighted by Gasteiger charge is -2.25. The van der Waals surface area contributed by atoms with E-state index in [1.165, 1.54) is 6.42 Å². The Bertz CT molecular complexity index is 207. The molecule has 1 fully saturated rings. The number of nitriles is 2. The Hall–Kier alpha value is -1.42. The van der Waals surface area contributed by atoms with E-state index in [9.17, 15) is 0 Å². The van der Waals surface area contributed by atoms with Gasteiger partial charge in [-0.05, 0) is 12.8 Å². The molecule has 4 heteroatoms. The first-order valence-electron chi connectivity index (χ1n) is 4.48. The van der Waals surface area contributed by atoms with Gasteiger partial charge in [-0.25, -0.2) is 0 Å². The third-order valence-corrected chi connectivity index (χ3v) is 2.37. The maximum absolute atomic E-state index is 8.33. The lowest BCUT2D eigenvalue weighted by atomic mass is 9.89. The maximum atomic E-state index is 8.33. The van der Waals surface area contributed by atoms with Gasteiger partial charge in [0.15, 0.2) is 0 Å². The summed E-state index contributed by atoms with van der Waals surface area (Å²) in [5, 5.41) is 16.7. The molecule has 0 N–H and O–H groups in total. The Balaban J connectivity index is 2.43. The topological polar surface area (TPSA) is 66.0 Å². The molecule has 4 nitrogen and oxygen atoms in total. The van der Waals surface area contributed by atoms with Gasteiger partial charge in [-0.15, -0.1) is 0 Å². The van der Waals surface area contributed by atoms with Crippen LogP contribution >= 0.6 is 0 Å². The average Bonchev–Trinajstić information content (AvgIpc) is 2.19. The van der Waals surface area contributed by atoms with Crippen molar-refractivity contribution in [2.75, 3.05) is 0 Å². The summed E-state index contributed by atoms with van der Waals surface area (Å²) in [5.74, 6) is 0.202. The minimum atomic E-state index is -0.657. The predicted octanol–water partition coefficient (Wildman–Crippen LogP) is 1.89. The van der Waals surface area contributed by atoms with Crippen LogP contribution < -0.4 is 0 Å². The average molecular weight is 180 g/mol. The van der Waals surface area contributed by atoms with Crippen molar-refractivity contribution in [3.63, 3.8) is 0 Å². The fraction of sp³-hybridized carbons (Fsp3) is 0.778. The Morgan fingerprint density at radius 2 is 1.54 bits per heavy atom. The Morgan fingerprint density at radius 1 is 1.00 bits per heavy atom. The van der Waals surface area contributed by atoms with E-state index in [0.717, 1.165) is 25.7 Å². The SMILES string of the molecule is N#COC(OC#N)C1CCCCC1. The summed E-state index contributed by atoms with van der Waals surface area (Å²) < 4.78 is 9.37. The third-order valence-electron chi connectivity index (χ3n) is 2.37. The van der Waals surface area contributed by atoms with Gasteiger partial charge in [0.05, 0.1) is 0 Å². The lowest BCUT2D eigenvalue weighted by molar-refractivity contribution is -0.0937. The van der Waals surface area contributed by atoms with E-state index in [2.05, 4.69) is 9.47 Å². The fourth-order valence-corrected chi connectivity index (χ4v) is 1.73. The molecule has 0 heterocycles. The molecule has 70 valence electrons. The van der Waals surface area contributed by atoms with Gasteiger partial charge < -0.3 is 9.47 Å².